The van der Waals surface area contributed by atoms with Crippen LogP contribution in [0.25, 0.3) is 6.08 Å². The first-order valence-electron chi connectivity index (χ1n) is 11.0. The maximum atomic E-state index is 13.1. The highest BCUT2D eigenvalue weighted by Crippen LogP contribution is 2.36. The molecule has 0 aliphatic carbocycles. The Kier molecular flexibility index (Phi) is 8.05. The predicted molar refractivity (Wildman–Crippen MR) is 151 cm³/mol. The topological polar surface area (TPSA) is 58.6 Å². The number of nitrogens with one attached hydrogen (secondary N) is 1. The van der Waals surface area contributed by atoms with Gasteiger partial charge < -0.3 is 10.1 Å². The van der Waals surface area contributed by atoms with Gasteiger partial charge in [-0.1, -0.05) is 71.1 Å². The lowest BCUT2D eigenvalue weighted by atomic mass is 10.1. The maximum Gasteiger partial charge on any atom is 0.270 e. The van der Waals surface area contributed by atoms with Gasteiger partial charge >= 0.3 is 0 Å². The van der Waals surface area contributed by atoms with E-state index >= 15 is 0 Å². The molecule has 4 rings (SSSR count). The molecule has 35 heavy (non-hydrogen) atoms. The summed E-state index contributed by atoms with van der Waals surface area (Å²) in [6, 6.07) is 20.8. The van der Waals surface area contributed by atoms with Gasteiger partial charge in [-0.3, -0.25) is 14.5 Å². The largest absolute Gasteiger partial charge is 0.484 e. The van der Waals surface area contributed by atoms with E-state index in [0.717, 1.165) is 33.4 Å². The molecule has 5 nitrogen and oxygen atoms in total. The Bertz CT molecular complexity index is 1320. The summed E-state index contributed by atoms with van der Waals surface area (Å²) in [5.74, 6) is 0.127. The Labute approximate surface area is 222 Å². The smallest absolute Gasteiger partial charge is 0.270 e. The number of thiocarbonyl (C=S) groups is 1. The molecule has 0 aromatic heterocycles. The van der Waals surface area contributed by atoms with Gasteiger partial charge in [0.15, 0.2) is 10.9 Å². The molecule has 0 radical (unpaired) electrons. The van der Waals surface area contributed by atoms with Crippen molar-refractivity contribution in [3.05, 3.63) is 92.8 Å². The van der Waals surface area contributed by atoms with Crippen molar-refractivity contribution in [3.8, 4) is 5.75 Å². The van der Waals surface area contributed by atoms with Crippen molar-refractivity contribution in [2.45, 2.75) is 20.3 Å². The highest BCUT2D eigenvalue weighted by molar-refractivity contribution is 9.10. The van der Waals surface area contributed by atoms with Gasteiger partial charge in [0.05, 0.1) is 10.6 Å². The molecule has 178 valence electrons. The van der Waals surface area contributed by atoms with Gasteiger partial charge in [-0.2, -0.15) is 0 Å². The number of benzene rings is 3. The number of carbonyl (C=O) groups excluding carboxylic acids is 2. The number of halogens is 1. The molecule has 2 amide bonds. The molecule has 1 saturated heterocycles. The zero-order chi connectivity index (χ0) is 24.9. The van der Waals surface area contributed by atoms with E-state index in [0.29, 0.717) is 15.0 Å². The molecule has 8 heteroatoms. The summed E-state index contributed by atoms with van der Waals surface area (Å²) in [6.45, 7) is 3.88. The number of carbonyl (C=O) groups is 2. The van der Waals surface area contributed by atoms with Gasteiger partial charge in [0.25, 0.3) is 11.8 Å². The minimum Gasteiger partial charge on any atom is -0.484 e. The number of ether oxygens (including phenoxy) is 1. The third kappa shape index (κ3) is 6.20. The lowest BCUT2D eigenvalue weighted by Gasteiger charge is -2.14. The molecule has 1 aliphatic heterocycles. The van der Waals surface area contributed by atoms with Gasteiger partial charge in [-0.05, 0) is 78.6 Å². The summed E-state index contributed by atoms with van der Waals surface area (Å²) < 4.78 is 7.14. The normalized spacial score (nSPS) is 14.5. The Balaban J connectivity index is 1.42. The van der Waals surface area contributed by atoms with Crippen LogP contribution < -0.4 is 15.0 Å². The molecule has 1 fully saturated rings. The van der Waals surface area contributed by atoms with Gasteiger partial charge in [0, 0.05) is 10.2 Å². The van der Waals surface area contributed by atoms with Crippen molar-refractivity contribution in [3.63, 3.8) is 0 Å². The van der Waals surface area contributed by atoms with E-state index in [1.165, 1.54) is 17.3 Å². The van der Waals surface area contributed by atoms with Crippen LogP contribution in [-0.4, -0.2) is 22.7 Å². The molecular weight excluding hydrogens is 544 g/mol. The third-order valence-corrected chi connectivity index (χ3v) is 7.18. The molecule has 3 aromatic carbocycles. The fourth-order valence-electron chi connectivity index (χ4n) is 3.52. The average Bonchev–Trinajstić information content (AvgIpc) is 3.12. The minimum absolute atomic E-state index is 0.130. The van der Waals surface area contributed by atoms with Crippen molar-refractivity contribution in [2.75, 3.05) is 16.8 Å². The zero-order valence-electron chi connectivity index (χ0n) is 19.2. The van der Waals surface area contributed by atoms with Gasteiger partial charge in [-0.25, -0.2) is 0 Å². The van der Waals surface area contributed by atoms with Crippen LogP contribution in [0.5, 0.6) is 5.75 Å². The Morgan fingerprint density at radius 1 is 1.14 bits per heavy atom. The molecule has 0 spiro atoms. The van der Waals surface area contributed by atoms with Gasteiger partial charge in [-0.15, -0.1) is 0 Å². The molecule has 0 unspecified atom stereocenters. The molecule has 3 aromatic rings. The Morgan fingerprint density at radius 3 is 2.63 bits per heavy atom. The van der Waals surface area contributed by atoms with E-state index in [2.05, 4.69) is 28.2 Å². The highest BCUT2D eigenvalue weighted by Gasteiger charge is 2.33. The minimum atomic E-state index is -0.254. The highest BCUT2D eigenvalue weighted by atomic mass is 79.9. The average molecular weight is 568 g/mol. The second-order valence-electron chi connectivity index (χ2n) is 7.91. The number of nitrogens with zero attached hydrogens (tertiary/aromatic N) is 1. The van der Waals surface area contributed by atoms with Crippen molar-refractivity contribution < 1.29 is 14.3 Å². The monoisotopic (exact) mass is 566 g/mol. The fraction of sp³-hybridized carbons (Fsp3) is 0.148. The van der Waals surface area contributed by atoms with Crippen molar-refractivity contribution >= 4 is 73.5 Å². The summed E-state index contributed by atoms with van der Waals surface area (Å²) in [6.07, 6.45) is 2.72. The number of hydrogen-bond donors (Lipinski definition) is 1. The summed E-state index contributed by atoms with van der Waals surface area (Å²) in [7, 11) is 0. The van der Waals surface area contributed by atoms with Crippen LogP contribution in [0.4, 0.5) is 11.4 Å². The first kappa shape index (κ1) is 25.2. The van der Waals surface area contributed by atoms with Crippen LogP contribution in [0.2, 0.25) is 0 Å². The van der Waals surface area contributed by atoms with E-state index < -0.39 is 0 Å². The molecule has 0 atom stereocenters. The van der Waals surface area contributed by atoms with E-state index in [1.807, 2.05) is 61.5 Å². The number of aryl methyl sites for hydroxylation is 2. The van der Waals surface area contributed by atoms with E-state index in [-0.39, 0.29) is 18.4 Å². The van der Waals surface area contributed by atoms with Crippen molar-refractivity contribution in [1.82, 2.24) is 0 Å². The van der Waals surface area contributed by atoms with E-state index in [4.69, 9.17) is 17.0 Å². The zero-order valence-corrected chi connectivity index (χ0v) is 22.4. The Morgan fingerprint density at radius 2 is 1.91 bits per heavy atom. The maximum absolute atomic E-state index is 13.1. The number of thioether (sulfide) groups is 1. The molecular formula is C27H23BrN2O3S2. The Hall–Kier alpha value is -2.94. The summed E-state index contributed by atoms with van der Waals surface area (Å²) in [5, 5.41) is 2.85. The molecule has 1 heterocycles. The van der Waals surface area contributed by atoms with Crippen LogP contribution in [0.1, 0.15) is 23.6 Å². The van der Waals surface area contributed by atoms with Crippen molar-refractivity contribution in [2.24, 2.45) is 0 Å². The van der Waals surface area contributed by atoms with Crippen LogP contribution in [0.3, 0.4) is 0 Å². The van der Waals surface area contributed by atoms with E-state index in [9.17, 15) is 9.59 Å². The number of anilines is 2. The first-order valence-corrected chi connectivity index (χ1v) is 13.0. The first-order chi connectivity index (χ1) is 16.8. The fourth-order valence-corrected chi connectivity index (χ4v) is 5.29. The summed E-state index contributed by atoms with van der Waals surface area (Å²) >= 11 is 10.2. The lowest BCUT2D eigenvalue weighted by Crippen LogP contribution is -2.27. The summed E-state index contributed by atoms with van der Waals surface area (Å²) in [4.78, 5) is 27.5. The standard InChI is InChI=1S/C27H23BrN2O3S2/c1-3-18-7-10-21(11-8-18)30-26(32)24(35-27(30)34)15-19-5-4-6-22(14-19)33-16-25(31)29-23-12-9-20(28)13-17(23)2/h4-15H,3,16H2,1-2H3,(H,29,31)/b24-15-. The van der Waals surface area contributed by atoms with E-state index in [1.54, 1.807) is 23.1 Å². The second kappa shape index (κ2) is 11.2. The number of rotatable bonds is 7. The van der Waals surface area contributed by atoms with Gasteiger partial charge in [0.2, 0.25) is 0 Å². The van der Waals surface area contributed by atoms with Crippen molar-refractivity contribution in [1.29, 1.82) is 0 Å². The van der Waals surface area contributed by atoms with Crippen LogP contribution in [-0.2, 0) is 16.0 Å². The van der Waals surface area contributed by atoms with Crippen LogP contribution >= 0.6 is 39.9 Å². The van der Waals surface area contributed by atoms with Crippen LogP contribution in [0.15, 0.2) is 76.1 Å². The van der Waals surface area contributed by atoms with Crippen LogP contribution in [0, 0.1) is 6.92 Å². The molecule has 0 bridgehead atoms. The third-order valence-electron chi connectivity index (χ3n) is 5.38. The molecule has 1 aliphatic rings. The quantitative estimate of drug-likeness (QED) is 0.253. The number of amides is 2. The SMILES string of the molecule is CCc1ccc(N2C(=O)/C(=C/c3cccc(OCC(=O)Nc4ccc(Br)cc4C)c3)SC2=S)cc1. The van der Waals surface area contributed by atoms with Gasteiger partial charge in [0.1, 0.15) is 5.75 Å². The molecule has 1 N–H and O–H groups in total. The number of hydrogen-bond acceptors (Lipinski definition) is 5. The predicted octanol–water partition coefficient (Wildman–Crippen LogP) is 6.74. The summed E-state index contributed by atoms with van der Waals surface area (Å²) in [5.41, 5.74) is 4.44. The lowest BCUT2D eigenvalue weighted by molar-refractivity contribution is -0.118. The second-order valence-corrected chi connectivity index (χ2v) is 10.5. The molecule has 0 saturated carbocycles.